The SMILES string of the molecule is CCOC(=O)CCn1ccnc1C#N. The van der Waals surface area contributed by atoms with Gasteiger partial charge in [-0.1, -0.05) is 0 Å². The Balaban J connectivity index is 2.46. The van der Waals surface area contributed by atoms with Gasteiger partial charge in [-0.15, -0.1) is 0 Å². The minimum absolute atomic E-state index is 0.259. The van der Waals surface area contributed by atoms with Crippen LogP contribution < -0.4 is 0 Å². The first-order valence-corrected chi connectivity index (χ1v) is 4.34. The lowest BCUT2D eigenvalue weighted by molar-refractivity contribution is -0.143. The number of rotatable bonds is 4. The standard InChI is InChI=1S/C9H11N3O2/c1-2-14-9(13)3-5-12-6-4-11-8(12)7-10/h4,6H,2-3,5H2,1H3. The number of nitriles is 1. The molecule has 0 saturated heterocycles. The average Bonchev–Trinajstić information content (AvgIpc) is 2.62. The second kappa shape index (κ2) is 5.02. The Labute approximate surface area is 81.9 Å². The molecule has 0 aliphatic carbocycles. The molecular weight excluding hydrogens is 182 g/mol. The van der Waals surface area contributed by atoms with E-state index in [1.807, 2.05) is 6.07 Å². The van der Waals surface area contributed by atoms with Crippen LogP contribution in [-0.2, 0) is 16.1 Å². The summed E-state index contributed by atoms with van der Waals surface area (Å²) in [6, 6.07) is 1.93. The Morgan fingerprint density at radius 3 is 3.21 bits per heavy atom. The maximum atomic E-state index is 11.0. The zero-order valence-corrected chi connectivity index (χ0v) is 7.93. The molecule has 0 aromatic carbocycles. The number of imidazole rings is 1. The van der Waals surface area contributed by atoms with Crippen molar-refractivity contribution >= 4 is 5.97 Å². The van der Waals surface area contributed by atoms with Crippen LogP contribution >= 0.6 is 0 Å². The highest BCUT2D eigenvalue weighted by atomic mass is 16.5. The lowest BCUT2D eigenvalue weighted by Gasteiger charge is -2.03. The molecule has 0 saturated carbocycles. The fourth-order valence-corrected chi connectivity index (χ4v) is 1.05. The van der Waals surface area contributed by atoms with Gasteiger partial charge in [-0.25, -0.2) is 4.98 Å². The summed E-state index contributed by atoms with van der Waals surface area (Å²) in [5, 5.41) is 8.63. The molecule has 0 bridgehead atoms. The van der Waals surface area contributed by atoms with Crippen LogP contribution in [0.15, 0.2) is 12.4 Å². The van der Waals surface area contributed by atoms with E-state index in [1.165, 1.54) is 6.20 Å². The monoisotopic (exact) mass is 193 g/mol. The van der Waals surface area contributed by atoms with Crippen molar-refractivity contribution in [3.8, 4) is 6.07 Å². The Morgan fingerprint density at radius 1 is 1.79 bits per heavy atom. The van der Waals surface area contributed by atoms with Crippen LogP contribution in [0.2, 0.25) is 0 Å². The lowest BCUT2D eigenvalue weighted by Crippen LogP contribution is -2.09. The molecule has 0 fully saturated rings. The van der Waals surface area contributed by atoms with E-state index in [2.05, 4.69) is 4.98 Å². The highest BCUT2D eigenvalue weighted by Gasteiger charge is 2.05. The number of hydrogen-bond acceptors (Lipinski definition) is 4. The van der Waals surface area contributed by atoms with Gasteiger partial charge in [-0.05, 0) is 6.92 Å². The first-order chi connectivity index (χ1) is 6.77. The quantitative estimate of drug-likeness (QED) is 0.660. The van der Waals surface area contributed by atoms with E-state index in [9.17, 15) is 4.79 Å². The van der Waals surface area contributed by atoms with E-state index >= 15 is 0 Å². The molecule has 1 aromatic heterocycles. The predicted octanol–water partition coefficient (Wildman–Crippen LogP) is 0.708. The normalized spacial score (nSPS) is 9.43. The first-order valence-electron chi connectivity index (χ1n) is 4.34. The molecule has 0 atom stereocenters. The van der Waals surface area contributed by atoms with Crippen molar-refractivity contribution < 1.29 is 9.53 Å². The molecule has 5 heteroatoms. The molecule has 0 spiro atoms. The summed E-state index contributed by atoms with van der Waals surface area (Å²) >= 11 is 0. The van der Waals surface area contributed by atoms with Gasteiger partial charge in [0.1, 0.15) is 6.07 Å². The highest BCUT2D eigenvalue weighted by Crippen LogP contribution is 1.98. The van der Waals surface area contributed by atoms with Crippen LogP contribution in [0.25, 0.3) is 0 Å². The summed E-state index contributed by atoms with van der Waals surface area (Å²) in [5.74, 6) is 0.0550. The van der Waals surface area contributed by atoms with Crippen molar-refractivity contribution in [3.63, 3.8) is 0 Å². The van der Waals surface area contributed by atoms with Gasteiger partial charge in [0.2, 0.25) is 5.82 Å². The summed E-state index contributed by atoms with van der Waals surface area (Å²) < 4.78 is 6.38. The smallest absolute Gasteiger partial charge is 0.307 e. The third-order valence-electron chi connectivity index (χ3n) is 1.68. The molecule has 14 heavy (non-hydrogen) atoms. The van der Waals surface area contributed by atoms with Crippen LogP contribution in [0.5, 0.6) is 0 Å². The number of carbonyl (C=O) groups is 1. The van der Waals surface area contributed by atoms with Gasteiger partial charge in [0, 0.05) is 18.9 Å². The van der Waals surface area contributed by atoms with Gasteiger partial charge in [0.15, 0.2) is 0 Å². The number of ether oxygens (including phenoxy) is 1. The van der Waals surface area contributed by atoms with Crippen molar-refractivity contribution in [1.82, 2.24) is 9.55 Å². The number of esters is 1. The minimum Gasteiger partial charge on any atom is -0.466 e. The summed E-state index contributed by atoms with van der Waals surface area (Å²) in [4.78, 5) is 14.8. The van der Waals surface area contributed by atoms with Gasteiger partial charge in [-0.3, -0.25) is 4.79 Å². The van der Waals surface area contributed by atoms with Crippen LogP contribution in [0, 0.1) is 11.3 Å². The third-order valence-corrected chi connectivity index (χ3v) is 1.68. The van der Waals surface area contributed by atoms with Gasteiger partial charge in [0.25, 0.3) is 0 Å². The van der Waals surface area contributed by atoms with E-state index < -0.39 is 0 Å². The zero-order chi connectivity index (χ0) is 10.4. The Bertz CT molecular complexity index is 351. The Kier molecular flexibility index (Phi) is 3.68. The Hall–Kier alpha value is -1.83. The molecule has 0 amide bonds. The molecule has 5 nitrogen and oxygen atoms in total. The molecule has 74 valence electrons. The average molecular weight is 193 g/mol. The zero-order valence-electron chi connectivity index (χ0n) is 7.93. The Morgan fingerprint density at radius 2 is 2.57 bits per heavy atom. The highest BCUT2D eigenvalue weighted by molar-refractivity contribution is 5.69. The maximum Gasteiger partial charge on any atom is 0.307 e. The number of nitrogens with zero attached hydrogens (tertiary/aromatic N) is 3. The first kappa shape index (κ1) is 10.3. The summed E-state index contributed by atoms with van der Waals surface area (Å²) in [6.07, 6.45) is 3.46. The molecule has 1 heterocycles. The molecule has 0 unspecified atom stereocenters. The minimum atomic E-state index is -0.259. The molecule has 0 aliphatic heterocycles. The largest absolute Gasteiger partial charge is 0.466 e. The fraction of sp³-hybridized carbons (Fsp3) is 0.444. The second-order valence-corrected chi connectivity index (χ2v) is 2.61. The molecule has 0 N–H and O–H groups in total. The van der Waals surface area contributed by atoms with Crippen LogP contribution in [0.3, 0.4) is 0 Å². The van der Waals surface area contributed by atoms with E-state index in [0.29, 0.717) is 19.0 Å². The second-order valence-electron chi connectivity index (χ2n) is 2.61. The lowest BCUT2D eigenvalue weighted by atomic mass is 10.4. The van der Waals surface area contributed by atoms with Crippen LogP contribution in [0.1, 0.15) is 19.2 Å². The number of hydrogen-bond donors (Lipinski definition) is 0. The molecule has 1 rings (SSSR count). The topological polar surface area (TPSA) is 67.9 Å². The van der Waals surface area contributed by atoms with E-state index in [-0.39, 0.29) is 12.4 Å². The van der Waals surface area contributed by atoms with Gasteiger partial charge in [-0.2, -0.15) is 5.26 Å². The van der Waals surface area contributed by atoms with E-state index in [1.54, 1.807) is 17.7 Å². The van der Waals surface area contributed by atoms with Gasteiger partial charge in [0.05, 0.1) is 13.0 Å². The van der Waals surface area contributed by atoms with Crippen molar-refractivity contribution in [2.45, 2.75) is 19.9 Å². The van der Waals surface area contributed by atoms with Crippen molar-refractivity contribution in [2.75, 3.05) is 6.61 Å². The third kappa shape index (κ3) is 2.59. The number of aryl methyl sites for hydroxylation is 1. The van der Waals surface area contributed by atoms with Crippen molar-refractivity contribution in [1.29, 1.82) is 5.26 Å². The van der Waals surface area contributed by atoms with Crippen LogP contribution in [0.4, 0.5) is 0 Å². The van der Waals surface area contributed by atoms with Gasteiger partial charge < -0.3 is 9.30 Å². The molecule has 0 aliphatic rings. The summed E-state index contributed by atoms with van der Waals surface area (Å²) in [6.45, 7) is 2.57. The van der Waals surface area contributed by atoms with E-state index in [0.717, 1.165) is 0 Å². The molecule has 0 radical (unpaired) electrons. The van der Waals surface area contributed by atoms with Crippen molar-refractivity contribution in [2.24, 2.45) is 0 Å². The van der Waals surface area contributed by atoms with E-state index in [4.69, 9.17) is 10.00 Å². The molecule has 1 aromatic rings. The van der Waals surface area contributed by atoms with Crippen molar-refractivity contribution in [3.05, 3.63) is 18.2 Å². The van der Waals surface area contributed by atoms with Gasteiger partial charge >= 0.3 is 5.97 Å². The number of aromatic nitrogens is 2. The number of carbonyl (C=O) groups excluding carboxylic acids is 1. The fourth-order valence-electron chi connectivity index (χ4n) is 1.05. The summed E-state index contributed by atoms with van der Waals surface area (Å²) in [7, 11) is 0. The molecular formula is C9H11N3O2. The maximum absolute atomic E-state index is 11.0. The summed E-state index contributed by atoms with van der Waals surface area (Å²) in [5.41, 5.74) is 0. The predicted molar refractivity (Wildman–Crippen MR) is 48.2 cm³/mol. The van der Waals surface area contributed by atoms with Crippen LogP contribution in [-0.4, -0.2) is 22.1 Å².